The van der Waals surface area contributed by atoms with Gasteiger partial charge in [0, 0.05) is 38.1 Å². The molecule has 2 heterocycles. The normalized spacial score (nSPS) is 18.2. The highest BCUT2D eigenvalue weighted by atomic mass is 16.3. The lowest BCUT2D eigenvalue weighted by Gasteiger charge is -2.31. The molecular formula is C15H21N3O. The van der Waals surface area contributed by atoms with E-state index < -0.39 is 0 Å². The molecule has 2 N–H and O–H groups in total. The van der Waals surface area contributed by atoms with Gasteiger partial charge in [0.05, 0.1) is 6.54 Å². The van der Waals surface area contributed by atoms with Crippen LogP contribution in [0.5, 0.6) is 0 Å². The second kappa shape index (κ2) is 5.33. The van der Waals surface area contributed by atoms with Gasteiger partial charge >= 0.3 is 0 Å². The molecule has 1 aliphatic rings. The van der Waals surface area contributed by atoms with Gasteiger partial charge in [0.25, 0.3) is 0 Å². The maximum absolute atomic E-state index is 5.93. The van der Waals surface area contributed by atoms with E-state index in [9.17, 15) is 0 Å². The third kappa shape index (κ3) is 2.66. The minimum Gasteiger partial charge on any atom is -0.460 e. The van der Waals surface area contributed by atoms with Crippen LogP contribution in [-0.2, 0) is 13.1 Å². The van der Waals surface area contributed by atoms with Crippen molar-refractivity contribution in [1.82, 2.24) is 9.80 Å². The van der Waals surface area contributed by atoms with Gasteiger partial charge in [0.2, 0.25) is 0 Å². The Morgan fingerprint density at radius 1 is 1.21 bits per heavy atom. The van der Waals surface area contributed by atoms with Gasteiger partial charge in [-0.3, -0.25) is 4.90 Å². The van der Waals surface area contributed by atoms with Crippen molar-refractivity contribution in [3.05, 3.63) is 35.6 Å². The first-order valence-corrected chi connectivity index (χ1v) is 6.87. The number of rotatable bonds is 3. The highest BCUT2D eigenvalue weighted by Gasteiger charge is 2.16. The maximum atomic E-state index is 5.93. The SMILES string of the molecule is CN1CCN(Cc2cc3c(CN)cccc3o2)CC1. The van der Waals surface area contributed by atoms with Crippen molar-refractivity contribution in [2.45, 2.75) is 13.1 Å². The van der Waals surface area contributed by atoms with E-state index in [1.165, 1.54) is 0 Å². The molecule has 4 nitrogen and oxygen atoms in total. The lowest BCUT2D eigenvalue weighted by molar-refractivity contribution is 0.141. The van der Waals surface area contributed by atoms with E-state index in [-0.39, 0.29) is 0 Å². The van der Waals surface area contributed by atoms with Gasteiger partial charge in [-0.1, -0.05) is 12.1 Å². The van der Waals surface area contributed by atoms with Crippen LogP contribution < -0.4 is 5.73 Å². The molecule has 0 amide bonds. The van der Waals surface area contributed by atoms with Crippen molar-refractivity contribution < 1.29 is 4.42 Å². The predicted molar refractivity (Wildman–Crippen MR) is 76.9 cm³/mol. The molecule has 1 fully saturated rings. The number of furan rings is 1. The number of nitrogens with zero attached hydrogens (tertiary/aromatic N) is 2. The molecule has 2 aromatic rings. The molecule has 1 saturated heterocycles. The molecule has 0 atom stereocenters. The Hall–Kier alpha value is -1.36. The average molecular weight is 259 g/mol. The Morgan fingerprint density at radius 3 is 2.74 bits per heavy atom. The van der Waals surface area contributed by atoms with Gasteiger partial charge in [0.15, 0.2) is 0 Å². The largest absolute Gasteiger partial charge is 0.460 e. The predicted octanol–water partition coefficient (Wildman–Crippen LogP) is 1.64. The molecule has 1 aromatic carbocycles. The number of hydrogen-bond acceptors (Lipinski definition) is 4. The van der Waals surface area contributed by atoms with Crippen LogP contribution in [-0.4, -0.2) is 43.0 Å². The molecule has 0 aliphatic carbocycles. The van der Waals surface area contributed by atoms with E-state index in [2.05, 4.69) is 29.0 Å². The number of benzene rings is 1. The summed E-state index contributed by atoms with van der Waals surface area (Å²) in [7, 11) is 2.17. The van der Waals surface area contributed by atoms with E-state index in [1.54, 1.807) is 0 Å². The van der Waals surface area contributed by atoms with Crippen LogP contribution in [0.1, 0.15) is 11.3 Å². The summed E-state index contributed by atoms with van der Waals surface area (Å²) in [6, 6.07) is 8.24. The zero-order valence-corrected chi connectivity index (χ0v) is 11.4. The second-order valence-electron chi connectivity index (χ2n) is 5.33. The number of piperazine rings is 1. The fourth-order valence-electron chi connectivity index (χ4n) is 2.66. The fraction of sp³-hybridized carbons (Fsp3) is 0.467. The van der Waals surface area contributed by atoms with E-state index in [0.29, 0.717) is 6.54 Å². The summed E-state index contributed by atoms with van der Waals surface area (Å²) in [5, 5.41) is 1.16. The van der Waals surface area contributed by atoms with Gasteiger partial charge in [-0.15, -0.1) is 0 Å². The van der Waals surface area contributed by atoms with Crippen LogP contribution >= 0.6 is 0 Å². The Balaban J connectivity index is 1.78. The molecule has 3 rings (SSSR count). The van der Waals surface area contributed by atoms with E-state index >= 15 is 0 Å². The standard InChI is InChI=1S/C15H21N3O/c1-17-5-7-18(8-6-17)11-13-9-14-12(10-16)3-2-4-15(14)19-13/h2-4,9H,5-8,10-11,16H2,1H3. The summed E-state index contributed by atoms with van der Waals surface area (Å²) >= 11 is 0. The van der Waals surface area contributed by atoms with E-state index in [0.717, 1.165) is 55.0 Å². The summed E-state index contributed by atoms with van der Waals surface area (Å²) in [5.41, 5.74) is 7.88. The van der Waals surface area contributed by atoms with Crippen LogP contribution in [0.15, 0.2) is 28.7 Å². The molecule has 0 saturated carbocycles. The van der Waals surface area contributed by atoms with Crippen molar-refractivity contribution >= 4 is 11.0 Å². The summed E-state index contributed by atoms with van der Waals surface area (Å²) in [4.78, 5) is 4.81. The van der Waals surface area contributed by atoms with Gasteiger partial charge in [-0.2, -0.15) is 0 Å². The second-order valence-corrected chi connectivity index (χ2v) is 5.33. The molecular weight excluding hydrogens is 238 g/mol. The fourth-order valence-corrected chi connectivity index (χ4v) is 2.66. The molecule has 1 aliphatic heterocycles. The van der Waals surface area contributed by atoms with Gasteiger partial charge < -0.3 is 15.1 Å². The van der Waals surface area contributed by atoms with Crippen molar-refractivity contribution in [3.63, 3.8) is 0 Å². The molecule has 4 heteroatoms. The molecule has 1 aromatic heterocycles. The Labute approximate surface area is 113 Å². The van der Waals surface area contributed by atoms with Crippen molar-refractivity contribution in [3.8, 4) is 0 Å². The first kappa shape index (κ1) is 12.7. The zero-order chi connectivity index (χ0) is 13.2. The minimum atomic E-state index is 0.560. The Morgan fingerprint density at radius 2 is 2.00 bits per heavy atom. The third-order valence-electron chi connectivity index (χ3n) is 3.90. The summed E-state index contributed by atoms with van der Waals surface area (Å²) in [5.74, 6) is 1.04. The van der Waals surface area contributed by atoms with Gasteiger partial charge in [-0.05, 0) is 24.7 Å². The van der Waals surface area contributed by atoms with Gasteiger partial charge in [-0.25, -0.2) is 0 Å². The van der Waals surface area contributed by atoms with Gasteiger partial charge in [0.1, 0.15) is 11.3 Å². The number of nitrogens with two attached hydrogens (primary N) is 1. The topological polar surface area (TPSA) is 45.6 Å². The van der Waals surface area contributed by atoms with Crippen LogP contribution in [0.3, 0.4) is 0 Å². The molecule has 0 unspecified atom stereocenters. The third-order valence-corrected chi connectivity index (χ3v) is 3.90. The number of hydrogen-bond donors (Lipinski definition) is 1. The van der Waals surface area contributed by atoms with Crippen molar-refractivity contribution in [2.75, 3.05) is 33.2 Å². The van der Waals surface area contributed by atoms with Crippen LogP contribution in [0.4, 0.5) is 0 Å². The average Bonchev–Trinajstić information content (AvgIpc) is 2.83. The Bertz CT molecular complexity index is 556. The molecule has 0 bridgehead atoms. The van der Waals surface area contributed by atoms with Crippen LogP contribution in [0, 0.1) is 0 Å². The summed E-state index contributed by atoms with van der Waals surface area (Å²) in [6.07, 6.45) is 0. The maximum Gasteiger partial charge on any atom is 0.134 e. The van der Waals surface area contributed by atoms with Crippen LogP contribution in [0.2, 0.25) is 0 Å². The monoisotopic (exact) mass is 259 g/mol. The first-order valence-electron chi connectivity index (χ1n) is 6.87. The number of likely N-dealkylation sites (N-methyl/N-ethyl adjacent to an activating group) is 1. The molecule has 102 valence electrons. The van der Waals surface area contributed by atoms with E-state index in [1.807, 2.05) is 12.1 Å². The zero-order valence-electron chi connectivity index (χ0n) is 11.4. The minimum absolute atomic E-state index is 0.560. The van der Waals surface area contributed by atoms with Crippen molar-refractivity contribution in [2.24, 2.45) is 5.73 Å². The molecule has 0 spiro atoms. The summed E-state index contributed by atoms with van der Waals surface area (Å²) in [6.45, 7) is 5.94. The lowest BCUT2D eigenvalue weighted by Crippen LogP contribution is -2.43. The molecule has 0 radical (unpaired) electrons. The quantitative estimate of drug-likeness (QED) is 0.910. The van der Waals surface area contributed by atoms with Crippen LogP contribution in [0.25, 0.3) is 11.0 Å². The number of fused-ring (bicyclic) bond motifs is 1. The Kier molecular flexibility index (Phi) is 3.55. The first-order chi connectivity index (χ1) is 9.26. The van der Waals surface area contributed by atoms with Crippen molar-refractivity contribution in [1.29, 1.82) is 0 Å². The smallest absolute Gasteiger partial charge is 0.134 e. The van der Waals surface area contributed by atoms with E-state index in [4.69, 9.17) is 10.2 Å². The highest BCUT2D eigenvalue weighted by molar-refractivity contribution is 5.81. The lowest BCUT2D eigenvalue weighted by atomic mass is 10.1. The highest BCUT2D eigenvalue weighted by Crippen LogP contribution is 2.24. The molecule has 19 heavy (non-hydrogen) atoms. The summed E-state index contributed by atoms with van der Waals surface area (Å²) < 4.78 is 5.93.